The lowest BCUT2D eigenvalue weighted by molar-refractivity contribution is -0.131. The van der Waals surface area contributed by atoms with E-state index in [-0.39, 0.29) is 11.5 Å². The van der Waals surface area contributed by atoms with Crippen LogP contribution >= 0.6 is 0 Å². The number of benzene rings is 2. The van der Waals surface area contributed by atoms with Gasteiger partial charge in [-0.05, 0) is 18.6 Å². The van der Waals surface area contributed by atoms with Crippen molar-refractivity contribution in [2.75, 3.05) is 4.90 Å². The topological polar surface area (TPSA) is 57.6 Å². The molecule has 0 spiro atoms. The van der Waals surface area contributed by atoms with Crippen LogP contribution in [0.4, 0.5) is 5.69 Å². The van der Waals surface area contributed by atoms with E-state index in [2.05, 4.69) is 0 Å². The molecule has 4 nitrogen and oxygen atoms in total. The molecule has 1 heterocycles. The Bertz CT molecular complexity index is 792. The molecule has 0 radical (unpaired) electrons. The molecule has 1 N–H and O–H groups in total. The third kappa shape index (κ3) is 2.51. The monoisotopic (exact) mass is 293 g/mol. The first-order valence-corrected chi connectivity index (χ1v) is 6.97. The molecule has 22 heavy (non-hydrogen) atoms. The summed E-state index contributed by atoms with van der Waals surface area (Å²) in [5, 5.41) is 8.98. The van der Waals surface area contributed by atoms with Gasteiger partial charge in [-0.15, -0.1) is 0 Å². The molecule has 3 rings (SSSR count). The summed E-state index contributed by atoms with van der Waals surface area (Å²) in [7, 11) is 0. The molecule has 1 aliphatic heterocycles. The zero-order valence-corrected chi connectivity index (χ0v) is 12.1. The molecule has 2 aromatic carbocycles. The SMILES string of the molecule is Cc1cccc(CN2C(=O)/C(=C\C(=O)O)c3ccccc32)c1. The quantitative estimate of drug-likeness (QED) is 0.885. The van der Waals surface area contributed by atoms with Crippen molar-refractivity contribution in [3.8, 4) is 0 Å². The number of carbonyl (C=O) groups excluding carboxylic acids is 1. The maximum absolute atomic E-state index is 12.6. The number of rotatable bonds is 3. The van der Waals surface area contributed by atoms with Crippen molar-refractivity contribution < 1.29 is 14.7 Å². The van der Waals surface area contributed by atoms with Crippen molar-refractivity contribution in [1.29, 1.82) is 0 Å². The van der Waals surface area contributed by atoms with Crippen molar-refractivity contribution in [3.63, 3.8) is 0 Å². The number of fused-ring (bicyclic) bond motifs is 1. The summed E-state index contributed by atoms with van der Waals surface area (Å²) in [5.74, 6) is -1.39. The lowest BCUT2D eigenvalue weighted by Crippen LogP contribution is -2.25. The number of aliphatic carboxylic acids is 1. The van der Waals surface area contributed by atoms with Gasteiger partial charge >= 0.3 is 5.97 Å². The van der Waals surface area contributed by atoms with E-state index < -0.39 is 5.97 Å². The summed E-state index contributed by atoms with van der Waals surface area (Å²) in [6, 6.07) is 15.2. The Morgan fingerprint density at radius 3 is 2.68 bits per heavy atom. The van der Waals surface area contributed by atoms with Gasteiger partial charge in [0.05, 0.1) is 17.8 Å². The smallest absolute Gasteiger partial charge is 0.329 e. The molecule has 0 atom stereocenters. The van der Waals surface area contributed by atoms with Crippen molar-refractivity contribution in [2.45, 2.75) is 13.5 Å². The van der Waals surface area contributed by atoms with E-state index in [1.54, 1.807) is 17.0 Å². The van der Waals surface area contributed by atoms with Crippen LogP contribution in [0.2, 0.25) is 0 Å². The van der Waals surface area contributed by atoms with Gasteiger partial charge in [-0.1, -0.05) is 48.0 Å². The van der Waals surface area contributed by atoms with Crippen LogP contribution in [0.5, 0.6) is 0 Å². The van der Waals surface area contributed by atoms with Crippen LogP contribution in [0.3, 0.4) is 0 Å². The molecule has 0 saturated heterocycles. The Kier molecular flexibility index (Phi) is 3.51. The fraction of sp³-hybridized carbons (Fsp3) is 0.111. The average molecular weight is 293 g/mol. The number of carboxylic acids is 1. The van der Waals surface area contributed by atoms with Crippen molar-refractivity contribution in [2.24, 2.45) is 0 Å². The van der Waals surface area contributed by atoms with Crippen molar-refractivity contribution in [1.82, 2.24) is 0 Å². The number of para-hydroxylation sites is 1. The molecule has 0 aliphatic carbocycles. The predicted octanol–water partition coefficient (Wildman–Crippen LogP) is 3.01. The number of hydrogen-bond acceptors (Lipinski definition) is 2. The van der Waals surface area contributed by atoms with E-state index in [9.17, 15) is 9.59 Å². The Labute approximate surface area is 128 Å². The zero-order chi connectivity index (χ0) is 15.7. The highest BCUT2D eigenvalue weighted by Crippen LogP contribution is 2.37. The van der Waals surface area contributed by atoms with Gasteiger partial charge < -0.3 is 10.0 Å². The van der Waals surface area contributed by atoms with Crippen molar-refractivity contribution >= 4 is 23.1 Å². The minimum atomic E-state index is -1.12. The summed E-state index contributed by atoms with van der Waals surface area (Å²) < 4.78 is 0. The fourth-order valence-corrected chi connectivity index (χ4v) is 2.72. The normalized spacial score (nSPS) is 15.2. The van der Waals surface area contributed by atoms with E-state index >= 15 is 0 Å². The molecule has 0 aromatic heterocycles. The molecule has 0 bridgehead atoms. The summed E-state index contributed by atoms with van der Waals surface area (Å²) in [6.07, 6.45) is 0.984. The standard InChI is InChI=1S/C18H15NO3/c1-12-5-4-6-13(9-12)11-19-16-8-3-2-7-14(16)15(18(19)22)10-17(20)21/h2-10H,11H2,1H3,(H,20,21)/b15-10-. The number of carboxylic acid groups (broad SMARTS) is 1. The maximum atomic E-state index is 12.6. The summed E-state index contributed by atoms with van der Waals surface area (Å²) >= 11 is 0. The van der Waals surface area contributed by atoms with Gasteiger partial charge in [0.1, 0.15) is 0 Å². The second-order valence-electron chi connectivity index (χ2n) is 5.29. The molecular weight excluding hydrogens is 278 g/mol. The lowest BCUT2D eigenvalue weighted by atomic mass is 10.1. The first kappa shape index (κ1) is 14.1. The second-order valence-corrected chi connectivity index (χ2v) is 5.29. The van der Waals surface area contributed by atoms with Gasteiger partial charge in [-0.2, -0.15) is 0 Å². The molecular formula is C18H15NO3. The van der Waals surface area contributed by atoms with E-state index in [1.165, 1.54) is 0 Å². The number of nitrogens with zero attached hydrogens (tertiary/aromatic N) is 1. The first-order chi connectivity index (χ1) is 10.6. The highest BCUT2D eigenvalue weighted by atomic mass is 16.4. The molecule has 0 saturated carbocycles. The number of hydrogen-bond donors (Lipinski definition) is 1. The van der Waals surface area contributed by atoms with Crippen LogP contribution < -0.4 is 4.90 Å². The third-order valence-corrected chi connectivity index (χ3v) is 3.65. The predicted molar refractivity (Wildman–Crippen MR) is 84.4 cm³/mol. The Morgan fingerprint density at radius 2 is 1.95 bits per heavy atom. The second kappa shape index (κ2) is 5.48. The van der Waals surface area contributed by atoms with E-state index in [0.29, 0.717) is 12.1 Å². The first-order valence-electron chi connectivity index (χ1n) is 6.97. The minimum absolute atomic E-state index is 0.232. The average Bonchev–Trinajstić information content (AvgIpc) is 2.73. The number of anilines is 1. The van der Waals surface area contributed by atoms with Gasteiger partial charge in [-0.3, -0.25) is 4.79 Å². The van der Waals surface area contributed by atoms with Crippen molar-refractivity contribution in [3.05, 3.63) is 71.3 Å². The summed E-state index contributed by atoms with van der Waals surface area (Å²) in [6.45, 7) is 2.42. The Balaban J connectivity index is 2.02. The summed E-state index contributed by atoms with van der Waals surface area (Å²) in [4.78, 5) is 25.2. The molecule has 1 amide bonds. The zero-order valence-electron chi connectivity index (χ0n) is 12.1. The molecule has 110 valence electrons. The Morgan fingerprint density at radius 1 is 1.18 bits per heavy atom. The largest absolute Gasteiger partial charge is 0.478 e. The highest BCUT2D eigenvalue weighted by molar-refractivity contribution is 6.34. The van der Waals surface area contributed by atoms with Crippen LogP contribution in [0.1, 0.15) is 16.7 Å². The van der Waals surface area contributed by atoms with Crippen LogP contribution in [0, 0.1) is 6.92 Å². The minimum Gasteiger partial charge on any atom is -0.478 e. The number of carbonyl (C=O) groups is 2. The van der Waals surface area contributed by atoms with Crippen LogP contribution in [0.25, 0.3) is 5.57 Å². The molecule has 1 aliphatic rings. The van der Waals surface area contributed by atoms with Crippen LogP contribution in [0.15, 0.2) is 54.6 Å². The van der Waals surface area contributed by atoms with E-state index in [4.69, 9.17) is 5.11 Å². The van der Waals surface area contributed by atoms with E-state index in [1.807, 2.05) is 43.3 Å². The number of amides is 1. The van der Waals surface area contributed by atoms with Crippen LogP contribution in [-0.4, -0.2) is 17.0 Å². The fourth-order valence-electron chi connectivity index (χ4n) is 2.72. The lowest BCUT2D eigenvalue weighted by Gasteiger charge is -2.17. The number of aryl methyl sites for hydroxylation is 1. The van der Waals surface area contributed by atoms with Gasteiger partial charge in [0.25, 0.3) is 5.91 Å². The third-order valence-electron chi connectivity index (χ3n) is 3.65. The Hall–Kier alpha value is -2.88. The molecule has 4 heteroatoms. The maximum Gasteiger partial charge on any atom is 0.329 e. The van der Waals surface area contributed by atoms with Gasteiger partial charge in [0.15, 0.2) is 0 Å². The van der Waals surface area contributed by atoms with Gasteiger partial charge in [0.2, 0.25) is 0 Å². The summed E-state index contributed by atoms with van der Waals surface area (Å²) in [5.41, 5.74) is 3.79. The van der Waals surface area contributed by atoms with Gasteiger partial charge in [0, 0.05) is 11.6 Å². The van der Waals surface area contributed by atoms with Crippen LogP contribution in [-0.2, 0) is 16.1 Å². The van der Waals surface area contributed by atoms with Gasteiger partial charge in [-0.25, -0.2) is 4.79 Å². The van der Waals surface area contributed by atoms with E-state index in [0.717, 1.165) is 22.9 Å². The molecule has 0 fully saturated rings. The highest BCUT2D eigenvalue weighted by Gasteiger charge is 2.32. The molecule has 2 aromatic rings. The molecule has 0 unspecified atom stereocenters.